The molecule has 0 saturated heterocycles. The molecule has 0 unspecified atom stereocenters. The molecular formula is C18H18ClFN2O4. The van der Waals surface area contributed by atoms with Gasteiger partial charge in [0.25, 0.3) is 0 Å². The molecule has 0 bridgehead atoms. The number of hydrogen-bond acceptors (Lipinski definition) is 4. The van der Waals surface area contributed by atoms with E-state index in [1.807, 2.05) is 0 Å². The minimum absolute atomic E-state index is 0.0140. The summed E-state index contributed by atoms with van der Waals surface area (Å²) in [4.78, 5) is 23.1. The molecule has 138 valence electrons. The number of amides is 2. The molecule has 0 radical (unpaired) electrons. The van der Waals surface area contributed by atoms with Crippen LogP contribution in [0.15, 0.2) is 48.5 Å². The van der Waals surface area contributed by atoms with Crippen molar-refractivity contribution in [1.82, 2.24) is 5.32 Å². The van der Waals surface area contributed by atoms with E-state index in [0.717, 1.165) is 0 Å². The monoisotopic (exact) mass is 380 g/mol. The van der Waals surface area contributed by atoms with Crippen molar-refractivity contribution < 1.29 is 23.5 Å². The molecule has 0 aliphatic rings. The Labute approximate surface area is 155 Å². The number of nitrogens with two attached hydrogens (primary N) is 1. The summed E-state index contributed by atoms with van der Waals surface area (Å²) in [6.07, 6.45) is -0.0961. The lowest BCUT2D eigenvalue weighted by Crippen LogP contribution is -2.34. The van der Waals surface area contributed by atoms with Crippen molar-refractivity contribution in [2.24, 2.45) is 5.73 Å². The molecule has 0 fully saturated rings. The van der Waals surface area contributed by atoms with Gasteiger partial charge in [-0.1, -0.05) is 23.7 Å². The van der Waals surface area contributed by atoms with Gasteiger partial charge in [-0.3, -0.25) is 4.79 Å². The Kier molecular flexibility index (Phi) is 7.23. The number of nitrogens with one attached hydrogen (secondary N) is 1. The standard InChI is InChI=1S/C18H18ClFN2O4/c19-13-3-1-12(2-4-13)16(22-18(21)24)11-17(23)26-10-9-25-15-7-5-14(20)6-8-15/h1-8,16H,9-11H2,(H3,21,22,24)/t16-/m0/s1. The summed E-state index contributed by atoms with van der Waals surface area (Å²) in [6.45, 7) is 0.131. The third-order valence-electron chi connectivity index (χ3n) is 3.39. The molecule has 0 spiro atoms. The lowest BCUT2D eigenvalue weighted by Gasteiger charge is -2.17. The molecule has 0 heterocycles. The maximum Gasteiger partial charge on any atom is 0.312 e. The first-order valence-corrected chi connectivity index (χ1v) is 8.17. The van der Waals surface area contributed by atoms with Crippen molar-refractivity contribution >= 4 is 23.6 Å². The molecule has 8 heteroatoms. The predicted molar refractivity (Wildman–Crippen MR) is 94.4 cm³/mol. The van der Waals surface area contributed by atoms with Gasteiger partial charge in [-0.15, -0.1) is 0 Å². The number of benzene rings is 2. The van der Waals surface area contributed by atoms with E-state index in [9.17, 15) is 14.0 Å². The van der Waals surface area contributed by atoms with Crippen LogP contribution in [0, 0.1) is 5.82 Å². The Morgan fingerprint density at radius 1 is 1.08 bits per heavy atom. The van der Waals surface area contributed by atoms with Crippen LogP contribution in [-0.2, 0) is 9.53 Å². The van der Waals surface area contributed by atoms with Crippen molar-refractivity contribution in [3.05, 3.63) is 64.9 Å². The Balaban J connectivity index is 1.81. The number of carbonyl (C=O) groups excluding carboxylic acids is 2. The molecule has 6 nitrogen and oxygen atoms in total. The average molecular weight is 381 g/mol. The molecule has 0 aliphatic heterocycles. The van der Waals surface area contributed by atoms with Gasteiger partial charge >= 0.3 is 12.0 Å². The fourth-order valence-electron chi connectivity index (χ4n) is 2.19. The Bertz CT molecular complexity index is 738. The minimum atomic E-state index is -0.752. The number of primary amides is 1. The van der Waals surface area contributed by atoms with Crippen LogP contribution in [-0.4, -0.2) is 25.2 Å². The second-order valence-electron chi connectivity index (χ2n) is 5.34. The summed E-state index contributed by atoms with van der Waals surface area (Å²) >= 11 is 5.83. The second kappa shape index (κ2) is 9.62. The molecule has 1 atom stereocenters. The highest BCUT2D eigenvalue weighted by Crippen LogP contribution is 2.20. The highest BCUT2D eigenvalue weighted by atomic mass is 35.5. The van der Waals surface area contributed by atoms with Gasteiger partial charge in [0.2, 0.25) is 0 Å². The maximum atomic E-state index is 12.8. The third-order valence-corrected chi connectivity index (χ3v) is 3.64. The van der Waals surface area contributed by atoms with Gasteiger partial charge < -0.3 is 20.5 Å². The number of halogens is 2. The average Bonchev–Trinajstić information content (AvgIpc) is 2.60. The summed E-state index contributed by atoms with van der Waals surface area (Å²) in [5, 5.41) is 3.03. The van der Waals surface area contributed by atoms with Crippen LogP contribution >= 0.6 is 11.6 Å². The normalized spacial score (nSPS) is 11.5. The molecule has 0 aliphatic carbocycles. The molecule has 0 aromatic heterocycles. The van der Waals surface area contributed by atoms with Gasteiger partial charge in [0.05, 0.1) is 12.5 Å². The van der Waals surface area contributed by atoms with Crippen molar-refractivity contribution in [2.75, 3.05) is 13.2 Å². The molecule has 2 aromatic rings. The molecule has 0 saturated carbocycles. The predicted octanol–water partition coefficient (Wildman–Crippen LogP) is 3.20. The van der Waals surface area contributed by atoms with Gasteiger partial charge in [-0.2, -0.15) is 0 Å². The highest BCUT2D eigenvalue weighted by Gasteiger charge is 2.18. The largest absolute Gasteiger partial charge is 0.490 e. The van der Waals surface area contributed by atoms with Crippen molar-refractivity contribution in [2.45, 2.75) is 12.5 Å². The van der Waals surface area contributed by atoms with E-state index < -0.39 is 18.0 Å². The van der Waals surface area contributed by atoms with Crippen LogP contribution < -0.4 is 15.8 Å². The van der Waals surface area contributed by atoms with Crippen molar-refractivity contribution in [1.29, 1.82) is 0 Å². The summed E-state index contributed by atoms with van der Waals surface area (Å²) in [5.74, 6) is -0.419. The first-order valence-electron chi connectivity index (χ1n) is 7.79. The molecule has 3 N–H and O–H groups in total. The van der Waals surface area contributed by atoms with E-state index in [1.54, 1.807) is 24.3 Å². The van der Waals surface area contributed by atoms with E-state index in [4.69, 9.17) is 26.8 Å². The number of carbonyl (C=O) groups is 2. The Morgan fingerprint density at radius 3 is 2.35 bits per heavy atom. The fourth-order valence-corrected chi connectivity index (χ4v) is 2.32. The summed E-state index contributed by atoms with van der Waals surface area (Å²) in [6, 6.07) is 10.8. The summed E-state index contributed by atoms with van der Waals surface area (Å²) in [7, 11) is 0. The van der Waals surface area contributed by atoms with Crippen LogP contribution in [0.3, 0.4) is 0 Å². The van der Waals surface area contributed by atoms with Gasteiger partial charge in [0, 0.05) is 5.02 Å². The molecule has 26 heavy (non-hydrogen) atoms. The number of ether oxygens (including phenoxy) is 2. The van der Waals surface area contributed by atoms with E-state index in [1.165, 1.54) is 24.3 Å². The van der Waals surface area contributed by atoms with E-state index in [0.29, 0.717) is 16.3 Å². The zero-order chi connectivity index (χ0) is 18.9. The number of esters is 1. The molecular weight excluding hydrogens is 363 g/mol. The molecule has 2 aromatic carbocycles. The summed E-state index contributed by atoms with van der Waals surface area (Å²) in [5.41, 5.74) is 5.83. The molecule has 2 amide bonds. The lowest BCUT2D eigenvalue weighted by molar-refractivity contribution is -0.144. The van der Waals surface area contributed by atoms with Crippen LogP contribution in [0.2, 0.25) is 5.02 Å². The van der Waals surface area contributed by atoms with E-state index in [-0.39, 0.29) is 25.5 Å². The van der Waals surface area contributed by atoms with Crippen LogP contribution in [0.5, 0.6) is 5.75 Å². The van der Waals surface area contributed by atoms with Crippen molar-refractivity contribution in [3.8, 4) is 5.75 Å². The zero-order valence-electron chi connectivity index (χ0n) is 13.8. The number of rotatable bonds is 8. The van der Waals surface area contributed by atoms with E-state index >= 15 is 0 Å². The smallest absolute Gasteiger partial charge is 0.312 e. The van der Waals surface area contributed by atoms with Gasteiger partial charge in [-0.25, -0.2) is 9.18 Å². The van der Waals surface area contributed by atoms with Crippen molar-refractivity contribution in [3.63, 3.8) is 0 Å². The van der Waals surface area contributed by atoms with Crippen LogP contribution in [0.4, 0.5) is 9.18 Å². The van der Waals surface area contributed by atoms with Gasteiger partial charge in [0.15, 0.2) is 0 Å². The minimum Gasteiger partial charge on any atom is -0.490 e. The Hall–Kier alpha value is -2.80. The third kappa shape index (κ3) is 6.60. The maximum absolute atomic E-state index is 12.8. The Morgan fingerprint density at radius 2 is 1.73 bits per heavy atom. The van der Waals surface area contributed by atoms with E-state index in [2.05, 4.69) is 5.32 Å². The van der Waals surface area contributed by atoms with Gasteiger partial charge in [0.1, 0.15) is 24.8 Å². The van der Waals surface area contributed by atoms with Crippen LogP contribution in [0.25, 0.3) is 0 Å². The van der Waals surface area contributed by atoms with Gasteiger partial charge in [-0.05, 0) is 42.0 Å². The number of urea groups is 1. The second-order valence-corrected chi connectivity index (χ2v) is 5.78. The SMILES string of the molecule is NC(=O)N[C@@H](CC(=O)OCCOc1ccc(F)cc1)c1ccc(Cl)cc1. The highest BCUT2D eigenvalue weighted by molar-refractivity contribution is 6.30. The van der Waals surface area contributed by atoms with Crippen LogP contribution in [0.1, 0.15) is 18.0 Å². The summed E-state index contributed by atoms with van der Waals surface area (Å²) < 4.78 is 23.2. The zero-order valence-corrected chi connectivity index (χ0v) is 14.5. The first-order chi connectivity index (χ1) is 12.4. The lowest BCUT2D eigenvalue weighted by atomic mass is 10.0. The molecule has 2 rings (SSSR count). The first kappa shape index (κ1) is 19.5. The quantitative estimate of drug-likeness (QED) is 0.543. The number of hydrogen-bond donors (Lipinski definition) is 2. The fraction of sp³-hybridized carbons (Fsp3) is 0.222. The topological polar surface area (TPSA) is 90.7 Å².